The molecule has 2 aromatic heterocycles. The van der Waals surface area contributed by atoms with Crippen LogP contribution in [-0.2, 0) is 6.42 Å². The molecule has 2 aromatic rings. The largest absolute Gasteiger partial charge is 0.382 e. The molecule has 1 unspecified atom stereocenters. The Balaban J connectivity index is 2.04. The Hall–Kier alpha value is -1.95. The summed E-state index contributed by atoms with van der Waals surface area (Å²) in [6, 6.07) is 4.19. The Kier molecular flexibility index (Phi) is 4.11. The molecule has 5 nitrogen and oxygen atoms in total. The molecule has 2 rings (SSSR count). The lowest BCUT2D eigenvalue weighted by atomic mass is 10.2. The monoisotopic (exact) mass is 276 g/mol. The van der Waals surface area contributed by atoms with Crippen LogP contribution in [0.25, 0.3) is 0 Å². The molecule has 0 radical (unpaired) electrons. The van der Waals surface area contributed by atoms with Crippen LogP contribution in [0.15, 0.2) is 29.9 Å². The summed E-state index contributed by atoms with van der Waals surface area (Å²) in [7, 11) is 1.78. The number of anilines is 1. The zero-order valence-electron chi connectivity index (χ0n) is 10.9. The van der Waals surface area contributed by atoms with E-state index in [-0.39, 0.29) is 11.9 Å². The predicted octanol–water partition coefficient (Wildman–Crippen LogP) is 1.82. The molecule has 19 heavy (non-hydrogen) atoms. The highest BCUT2D eigenvalue weighted by Gasteiger charge is 2.19. The maximum atomic E-state index is 12.2. The van der Waals surface area contributed by atoms with Crippen molar-refractivity contribution >= 4 is 23.1 Å². The van der Waals surface area contributed by atoms with Crippen molar-refractivity contribution in [1.82, 2.24) is 14.9 Å². The van der Waals surface area contributed by atoms with Crippen LogP contribution >= 0.6 is 11.3 Å². The van der Waals surface area contributed by atoms with Crippen LogP contribution in [0, 0.1) is 0 Å². The van der Waals surface area contributed by atoms with Gasteiger partial charge in [0.05, 0.1) is 12.4 Å². The molecule has 0 bridgehead atoms. The van der Waals surface area contributed by atoms with Gasteiger partial charge in [-0.3, -0.25) is 4.79 Å². The van der Waals surface area contributed by atoms with Crippen LogP contribution in [0.3, 0.4) is 0 Å². The first-order valence-corrected chi connectivity index (χ1v) is 6.83. The van der Waals surface area contributed by atoms with Crippen molar-refractivity contribution in [1.29, 1.82) is 0 Å². The molecule has 100 valence electrons. The number of nitrogen functional groups attached to an aromatic ring is 1. The second-order valence-corrected chi connectivity index (χ2v) is 5.41. The normalized spacial score (nSPS) is 12.1. The average molecular weight is 276 g/mol. The predicted molar refractivity (Wildman–Crippen MR) is 76.0 cm³/mol. The maximum absolute atomic E-state index is 12.2. The zero-order chi connectivity index (χ0) is 13.8. The lowest BCUT2D eigenvalue weighted by Crippen LogP contribution is -2.36. The summed E-state index contributed by atoms with van der Waals surface area (Å²) in [6.07, 6.45) is 3.64. The van der Waals surface area contributed by atoms with Crippen LogP contribution in [0.5, 0.6) is 0 Å². The lowest BCUT2D eigenvalue weighted by molar-refractivity contribution is 0.0737. The van der Waals surface area contributed by atoms with E-state index in [1.165, 1.54) is 17.3 Å². The Morgan fingerprint density at radius 1 is 1.47 bits per heavy atom. The van der Waals surface area contributed by atoms with Crippen LogP contribution < -0.4 is 5.73 Å². The molecule has 0 aliphatic rings. The number of nitrogens with zero attached hydrogens (tertiary/aromatic N) is 3. The first-order chi connectivity index (χ1) is 9.08. The van der Waals surface area contributed by atoms with E-state index in [2.05, 4.69) is 16.0 Å². The molecule has 1 atom stereocenters. The fourth-order valence-corrected chi connectivity index (χ4v) is 2.51. The standard InChI is InChI=1S/C13H16N4OS/c1-9(6-10-4-3-5-19-10)17(2)13(18)11-7-16-12(14)8-15-11/h3-5,7-9H,6H2,1-2H3,(H2,14,16). The molecule has 0 spiro atoms. The van der Waals surface area contributed by atoms with E-state index in [9.17, 15) is 4.79 Å². The summed E-state index contributed by atoms with van der Waals surface area (Å²) in [4.78, 5) is 23.0. The van der Waals surface area contributed by atoms with Crippen LogP contribution in [0.4, 0.5) is 5.82 Å². The van der Waals surface area contributed by atoms with Crippen molar-refractivity contribution in [2.24, 2.45) is 0 Å². The molecule has 0 fully saturated rings. The molecule has 0 aromatic carbocycles. The Labute approximate surface area is 116 Å². The van der Waals surface area contributed by atoms with Gasteiger partial charge in [-0.2, -0.15) is 0 Å². The molecule has 2 N–H and O–H groups in total. The molecular weight excluding hydrogens is 260 g/mol. The lowest BCUT2D eigenvalue weighted by Gasteiger charge is -2.24. The Morgan fingerprint density at radius 3 is 2.84 bits per heavy atom. The second kappa shape index (κ2) is 5.79. The topological polar surface area (TPSA) is 72.1 Å². The first-order valence-electron chi connectivity index (χ1n) is 5.95. The molecule has 0 aliphatic heterocycles. The molecule has 0 aliphatic carbocycles. The van der Waals surface area contributed by atoms with Gasteiger partial charge in [-0.25, -0.2) is 9.97 Å². The van der Waals surface area contributed by atoms with Gasteiger partial charge in [0.15, 0.2) is 0 Å². The van der Waals surface area contributed by atoms with Crippen LogP contribution in [0.1, 0.15) is 22.3 Å². The van der Waals surface area contributed by atoms with Gasteiger partial charge >= 0.3 is 0 Å². The quantitative estimate of drug-likeness (QED) is 0.924. The van der Waals surface area contributed by atoms with Gasteiger partial charge in [-0.15, -0.1) is 11.3 Å². The van der Waals surface area contributed by atoms with Crippen molar-refractivity contribution < 1.29 is 4.79 Å². The van der Waals surface area contributed by atoms with Crippen molar-refractivity contribution in [2.75, 3.05) is 12.8 Å². The third-order valence-corrected chi connectivity index (χ3v) is 3.85. The van der Waals surface area contributed by atoms with Crippen LogP contribution in [0.2, 0.25) is 0 Å². The summed E-state index contributed by atoms with van der Waals surface area (Å²) in [5, 5.41) is 2.04. The number of rotatable bonds is 4. The fraction of sp³-hybridized carbons (Fsp3) is 0.308. The van der Waals surface area contributed by atoms with Crippen LogP contribution in [-0.4, -0.2) is 33.9 Å². The molecule has 0 saturated carbocycles. The number of thiophene rings is 1. The van der Waals surface area contributed by atoms with Gasteiger partial charge in [0.25, 0.3) is 5.91 Å². The number of nitrogens with two attached hydrogens (primary N) is 1. The minimum absolute atomic E-state index is 0.102. The summed E-state index contributed by atoms with van der Waals surface area (Å²) in [6.45, 7) is 2.02. The number of aromatic nitrogens is 2. The summed E-state index contributed by atoms with van der Waals surface area (Å²) in [5.41, 5.74) is 5.77. The van der Waals surface area contributed by atoms with Crippen molar-refractivity contribution in [3.05, 3.63) is 40.5 Å². The number of amides is 1. The molecule has 0 saturated heterocycles. The van der Waals surface area contributed by atoms with E-state index in [4.69, 9.17) is 5.73 Å². The summed E-state index contributed by atoms with van der Waals surface area (Å²) < 4.78 is 0. The van der Waals surface area contributed by atoms with E-state index in [1.54, 1.807) is 23.3 Å². The van der Waals surface area contributed by atoms with E-state index >= 15 is 0 Å². The van der Waals surface area contributed by atoms with Gasteiger partial charge in [0.2, 0.25) is 0 Å². The third kappa shape index (κ3) is 3.29. The Bertz CT molecular complexity index is 538. The first kappa shape index (κ1) is 13.5. The molecule has 2 heterocycles. The SMILES string of the molecule is CC(Cc1cccs1)N(C)C(=O)c1cnc(N)cn1. The summed E-state index contributed by atoms with van der Waals surface area (Å²) >= 11 is 1.70. The highest BCUT2D eigenvalue weighted by atomic mass is 32.1. The zero-order valence-corrected chi connectivity index (χ0v) is 11.7. The number of likely N-dealkylation sites (N-methyl/N-ethyl adjacent to an activating group) is 1. The minimum atomic E-state index is -0.142. The summed E-state index contributed by atoms with van der Waals surface area (Å²) in [5.74, 6) is 0.169. The van der Waals surface area contributed by atoms with Gasteiger partial charge < -0.3 is 10.6 Å². The van der Waals surface area contributed by atoms with Gasteiger partial charge in [-0.05, 0) is 18.4 Å². The molecule has 6 heteroatoms. The number of hydrogen-bond donors (Lipinski definition) is 1. The van der Waals surface area contributed by atoms with E-state index < -0.39 is 0 Å². The third-order valence-electron chi connectivity index (χ3n) is 2.95. The number of hydrogen-bond acceptors (Lipinski definition) is 5. The fourth-order valence-electron chi connectivity index (χ4n) is 1.69. The average Bonchev–Trinajstić information content (AvgIpc) is 2.90. The van der Waals surface area contributed by atoms with Crippen molar-refractivity contribution in [3.8, 4) is 0 Å². The van der Waals surface area contributed by atoms with E-state index in [1.807, 2.05) is 18.4 Å². The molecular formula is C13H16N4OS. The highest BCUT2D eigenvalue weighted by molar-refractivity contribution is 7.09. The van der Waals surface area contributed by atoms with Gasteiger partial charge in [-0.1, -0.05) is 6.07 Å². The molecule has 1 amide bonds. The van der Waals surface area contributed by atoms with E-state index in [0.29, 0.717) is 11.5 Å². The van der Waals surface area contributed by atoms with Gasteiger partial charge in [0, 0.05) is 24.4 Å². The number of carbonyl (C=O) groups excluding carboxylic acids is 1. The van der Waals surface area contributed by atoms with E-state index in [0.717, 1.165) is 6.42 Å². The number of carbonyl (C=O) groups is 1. The van der Waals surface area contributed by atoms with Crippen molar-refractivity contribution in [3.63, 3.8) is 0 Å². The van der Waals surface area contributed by atoms with Gasteiger partial charge in [0.1, 0.15) is 11.5 Å². The minimum Gasteiger partial charge on any atom is -0.382 e. The Morgan fingerprint density at radius 2 is 2.26 bits per heavy atom. The highest BCUT2D eigenvalue weighted by Crippen LogP contribution is 2.14. The maximum Gasteiger partial charge on any atom is 0.274 e. The second-order valence-electron chi connectivity index (χ2n) is 4.38. The van der Waals surface area contributed by atoms with Crippen molar-refractivity contribution in [2.45, 2.75) is 19.4 Å². The smallest absolute Gasteiger partial charge is 0.274 e.